The fourth-order valence-corrected chi connectivity index (χ4v) is 6.80. The molecule has 1 aliphatic heterocycles. The van der Waals surface area contributed by atoms with Crippen LogP contribution in [0, 0.1) is 5.92 Å². The van der Waals surface area contributed by atoms with Crippen LogP contribution in [0.1, 0.15) is 10.4 Å². The average Bonchev–Trinajstić information content (AvgIpc) is 2.79. The van der Waals surface area contributed by atoms with Crippen molar-refractivity contribution in [2.75, 3.05) is 11.5 Å². The highest BCUT2D eigenvalue weighted by atomic mass is 35.6. The molecule has 0 radical (unpaired) electrons. The maximum Gasteiger partial charge on any atom is 0.335 e. The second kappa shape index (κ2) is 7.66. The van der Waals surface area contributed by atoms with E-state index in [-0.39, 0.29) is 10.6 Å². The van der Waals surface area contributed by atoms with Gasteiger partial charge < -0.3 is 5.11 Å². The molecule has 2 atom stereocenters. The third kappa shape index (κ3) is 5.26. The summed E-state index contributed by atoms with van der Waals surface area (Å²) in [6.07, 6.45) is 0. The summed E-state index contributed by atoms with van der Waals surface area (Å²) in [6.45, 7) is 0. The number of alkyl halides is 3. The van der Waals surface area contributed by atoms with E-state index in [1.165, 1.54) is 0 Å². The second-order valence-electron chi connectivity index (χ2n) is 5.72. The minimum atomic E-state index is -4.48. The van der Waals surface area contributed by atoms with E-state index in [1.54, 1.807) is 0 Å². The van der Waals surface area contributed by atoms with E-state index in [0.717, 1.165) is 18.2 Å². The molecule has 150 valence electrons. The highest BCUT2D eigenvalue weighted by Gasteiger charge is 2.49. The lowest BCUT2D eigenvalue weighted by atomic mass is 10.0. The predicted octanol–water partition coefficient (Wildman–Crippen LogP) is 1.67. The van der Waals surface area contributed by atoms with E-state index < -0.39 is 63.8 Å². The first kappa shape index (κ1) is 22.7. The van der Waals surface area contributed by atoms with E-state index in [4.69, 9.17) is 51.5 Å². The number of ketones is 1. The van der Waals surface area contributed by atoms with Gasteiger partial charge >= 0.3 is 5.97 Å². The van der Waals surface area contributed by atoms with Crippen LogP contribution in [0.4, 0.5) is 0 Å². The van der Waals surface area contributed by atoms with Gasteiger partial charge in [0.15, 0.2) is 15.6 Å². The van der Waals surface area contributed by atoms with E-state index in [2.05, 4.69) is 4.72 Å². The monoisotopic (exact) mass is 497 g/mol. The van der Waals surface area contributed by atoms with Gasteiger partial charge in [0.2, 0.25) is 13.8 Å². The third-order valence-electron chi connectivity index (χ3n) is 3.74. The van der Waals surface area contributed by atoms with Crippen LogP contribution in [0.3, 0.4) is 0 Å². The molecule has 2 N–H and O–H groups in total. The molecule has 1 aliphatic rings. The first-order valence-electron chi connectivity index (χ1n) is 7.01. The van der Waals surface area contributed by atoms with Crippen molar-refractivity contribution in [3.8, 4) is 0 Å². The fourth-order valence-electron chi connectivity index (χ4n) is 2.54. The molecule has 0 aliphatic carbocycles. The summed E-state index contributed by atoms with van der Waals surface area (Å²) in [7, 11) is -8.27. The highest BCUT2D eigenvalue weighted by Crippen LogP contribution is 2.35. The Morgan fingerprint density at radius 2 is 1.78 bits per heavy atom. The van der Waals surface area contributed by atoms with Crippen LogP contribution in [0.25, 0.3) is 0 Å². The molecule has 1 aromatic carbocycles. The number of benzene rings is 1. The molecule has 0 amide bonds. The number of sulfonamides is 1. The maximum atomic E-state index is 12.6. The van der Waals surface area contributed by atoms with Gasteiger partial charge in [0, 0.05) is 6.04 Å². The zero-order valence-corrected chi connectivity index (χ0v) is 17.7. The standard InChI is InChI=1S/C13H11Cl4NO7S2/c14-8-2-1-6(12(20)21)3-10(8)27(24,25)18-9-5-26(22,23)4-7(9)11(19)13(15,16)17/h1-3,7,9,18H,4-5H2,(H,20,21)/t7-,9-/m1/s1. The number of nitrogens with one attached hydrogen (secondary N) is 1. The van der Waals surface area contributed by atoms with Crippen molar-refractivity contribution in [1.29, 1.82) is 0 Å². The van der Waals surface area contributed by atoms with Gasteiger partial charge in [-0.15, -0.1) is 0 Å². The first-order valence-corrected chi connectivity index (χ1v) is 11.8. The quantitative estimate of drug-likeness (QED) is 0.589. The molecule has 14 heteroatoms. The van der Waals surface area contributed by atoms with Crippen molar-refractivity contribution in [1.82, 2.24) is 4.72 Å². The zero-order valence-electron chi connectivity index (χ0n) is 13.0. The molecule has 1 fully saturated rings. The van der Waals surface area contributed by atoms with Gasteiger partial charge in [-0.2, -0.15) is 0 Å². The summed E-state index contributed by atoms with van der Waals surface area (Å²) >= 11 is 22.4. The number of carbonyl (C=O) groups excluding carboxylic acids is 1. The molecule has 1 heterocycles. The van der Waals surface area contributed by atoms with Crippen LogP contribution in [-0.4, -0.2) is 55.0 Å². The summed E-state index contributed by atoms with van der Waals surface area (Å²) in [5.41, 5.74) is -0.354. The van der Waals surface area contributed by atoms with Gasteiger partial charge in [-0.05, 0) is 18.2 Å². The lowest BCUT2D eigenvalue weighted by Crippen LogP contribution is -2.45. The third-order valence-corrected chi connectivity index (χ3v) is 8.01. The summed E-state index contributed by atoms with van der Waals surface area (Å²) in [5, 5.41) is 8.70. The molecule has 0 aromatic heterocycles. The van der Waals surface area contributed by atoms with Crippen LogP contribution in [0.15, 0.2) is 23.1 Å². The molecular weight excluding hydrogens is 488 g/mol. The first-order chi connectivity index (χ1) is 12.1. The molecule has 0 unspecified atom stereocenters. The average molecular weight is 499 g/mol. The number of aromatic carboxylic acids is 1. The molecule has 0 saturated carbocycles. The Hall–Kier alpha value is -0.620. The number of Topliss-reactive ketones (excluding diaryl/α,β-unsaturated/α-hetero) is 1. The maximum absolute atomic E-state index is 12.6. The summed E-state index contributed by atoms with van der Waals surface area (Å²) in [6, 6.07) is 1.56. The number of hydrogen-bond acceptors (Lipinski definition) is 6. The Balaban J connectivity index is 2.42. The molecule has 2 rings (SSSR count). The van der Waals surface area contributed by atoms with Crippen LogP contribution in [0.5, 0.6) is 0 Å². The van der Waals surface area contributed by atoms with E-state index in [9.17, 15) is 26.4 Å². The second-order valence-corrected chi connectivity index (χ2v) is 12.2. The van der Waals surface area contributed by atoms with Crippen molar-refractivity contribution < 1.29 is 31.5 Å². The fraction of sp³-hybridized carbons (Fsp3) is 0.385. The lowest BCUT2D eigenvalue weighted by molar-refractivity contribution is -0.121. The van der Waals surface area contributed by atoms with Crippen LogP contribution < -0.4 is 4.72 Å². The van der Waals surface area contributed by atoms with Gasteiger partial charge in [0.25, 0.3) is 0 Å². The van der Waals surface area contributed by atoms with Crippen LogP contribution >= 0.6 is 46.4 Å². The smallest absolute Gasteiger partial charge is 0.335 e. The molecule has 1 saturated heterocycles. The number of halogens is 4. The summed E-state index contributed by atoms with van der Waals surface area (Å²) < 4.78 is 48.6. The summed E-state index contributed by atoms with van der Waals surface area (Å²) in [5.74, 6) is -5.30. The van der Waals surface area contributed by atoms with Crippen LogP contribution in [0.2, 0.25) is 5.02 Å². The number of sulfone groups is 1. The Labute approximate surface area is 174 Å². The van der Waals surface area contributed by atoms with E-state index in [0.29, 0.717) is 0 Å². The van der Waals surface area contributed by atoms with E-state index in [1.807, 2.05) is 0 Å². The van der Waals surface area contributed by atoms with Crippen molar-refractivity contribution in [3.05, 3.63) is 28.8 Å². The van der Waals surface area contributed by atoms with Crippen LogP contribution in [-0.2, 0) is 24.7 Å². The molecule has 1 aromatic rings. The number of hydrogen-bond donors (Lipinski definition) is 2. The molecular formula is C13H11Cl4NO7S2. The molecule has 0 spiro atoms. The van der Waals surface area contributed by atoms with Gasteiger partial charge in [0.05, 0.1) is 28.0 Å². The lowest BCUT2D eigenvalue weighted by Gasteiger charge is -2.21. The predicted molar refractivity (Wildman–Crippen MR) is 100.0 cm³/mol. The topological polar surface area (TPSA) is 135 Å². The van der Waals surface area contributed by atoms with Crippen molar-refractivity contribution in [2.45, 2.75) is 14.7 Å². The zero-order chi connectivity index (χ0) is 20.8. The molecule has 0 bridgehead atoms. The number of carboxylic acids is 1. The minimum Gasteiger partial charge on any atom is -0.478 e. The number of carbonyl (C=O) groups is 2. The van der Waals surface area contributed by atoms with Gasteiger partial charge in [-0.3, -0.25) is 4.79 Å². The normalized spacial score (nSPS) is 22.5. The SMILES string of the molecule is O=C(O)c1ccc(Cl)c(S(=O)(=O)N[C@@H]2CS(=O)(=O)C[C@H]2C(=O)C(Cl)(Cl)Cl)c1. The number of carboxylic acid groups (broad SMARTS) is 1. The Bertz CT molecular complexity index is 1000. The van der Waals surface area contributed by atoms with Crippen molar-refractivity contribution >= 4 is 78.0 Å². The molecule has 8 nitrogen and oxygen atoms in total. The summed E-state index contributed by atoms with van der Waals surface area (Å²) in [4.78, 5) is 22.7. The van der Waals surface area contributed by atoms with Crippen molar-refractivity contribution in [3.63, 3.8) is 0 Å². The van der Waals surface area contributed by atoms with Gasteiger partial charge in [-0.1, -0.05) is 46.4 Å². The van der Waals surface area contributed by atoms with E-state index >= 15 is 0 Å². The Kier molecular flexibility index (Phi) is 6.43. The minimum absolute atomic E-state index is 0.294. The largest absolute Gasteiger partial charge is 0.478 e. The molecule has 27 heavy (non-hydrogen) atoms. The highest BCUT2D eigenvalue weighted by molar-refractivity contribution is 7.92. The Morgan fingerprint density at radius 3 is 2.30 bits per heavy atom. The number of rotatable bonds is 5. The Morgan fingerprint density at radius 1 is 1.19 bits per heavy atom. The van der Waals surface area contributed by atoms with Gasteiger partial charge in [-0.25, -0.2) is 26.4 Å². The van der Waals surface area contributed by atoms with Crippen molar-refractivity contribution in [2.24, 2.45) is 5.92 Å². The van der Waals surface area contributed by atoms with Gasteiger partial charge in [0.1, 0.15) is 4.90 Å².